The Morgan fingerprint density at radius 2 is 1.69 bits per heavy atom. The molecule has 1 aromatic heterocycles. The van der Waals surface area contributed by atoms with E-state index in [-0.39, 0.29) is 11.8 Å². The molecule has 1 aliphatic rings. The Kier molecular flexibility index (Phi) is 7.81. The Labute approximate surface area is 191 Å². The van der Waals surface area contributed by atoms with Crippen molar-refractivity contribution < 1.29 is 19.1 Å². The fourth-order valence-electron chi connectivity index (χ4n) is 3.20. The maximum atomic E-state index is 12.7. The number of aromatic nitrogens is 1. The van der Waals surface area contributed by atoms with Crippen molar-refractivity contribution in [1.82, 2.24) is 21.2 Å². The van der Waals surface area contributed by atoms with Gasteiger partial charge in [-0.3, -0.25) is 25.2 Å². The predicted molar refractivity (Wildman–Crippen MR) is 123 cm³/mol. The van der Waals surface area contributed by atoms with Crippen LogP contribution >= 0.6 is 11.3 Å². The zero-order valence-electron chi connectivity index (χ0n) is 18.7. The molecule has 2 aromatic rings. The number of hydrazine groups is 1. The molecule has 0 saturated carbocycles. The van der Waals surface area contributed by atoms with E-state index in [0.717, 1.165) is 23.8 Å². The first-order chi connectivity index (χ1) is 15.3. The summed E-state index contributed by atoms with van der Waals surface area (Å²) in [5, 5.41) is 3.50. The molecule has 3 rings (SSSR count). The van der Waals surface area contributed by atoms with Gasteiger partial charge in [-0.05, 0) is 31.9 Å². The number of morpholine rings is 1. The molecule has 3 amide bonds. The molecule has 1 aromatic carbocycles. The molecule has 10 heteroatoms. The van der Waals surface area contributed by atoms with E-state index in [4.69, 9.17) is 4.74 Å². The summed E-state index contributed by atoms with van der Waals surface area (Å²) in [4.78, 5) is 44.9. The van der Waals surface area contributed by atoms with Gasteiger partial charge >= 0.3 is 0 Å². The summed E-state index contributed by atoms with van der Waals surface area (Å²) in [5.41, 5.74) is 6.99. The lowest BCUT2D eigenvalue weighted by Gasteiger charge is -2.26. The normalized spacial score (nSPS) is 14.7. The number of carbonyl (C=O) groups excluding carboxylic acids is 3. The smallest absolute Gasteiger partial charge is 0.281 e. The third-order valence-corrected chi connectivity index (χ3v) is 6.34. The van der Waals surface area contributed by atoms with Crippen molar-refractivity contribution in [2.75, 3.05) is 31.2 Å². The van der Waals surface area contributed by atoms with Gasteiger partial charge < -0.3 is 15.0 Å². The molecule has 0 unspecified atom stereocenters. The molecule has 32 heavy (non-hydrogen) atoms. The second-order valence-corrected chi connectivity index (χ2v) is 8.99. The van der Waals surface area contributed by atoms with E-state index in [2.05, 4.69) is 26.1 Å². The van der Waals surface area contributed by atoms with Gasteiger partial charge in [-0.2, -0.15) is 0 Å². The molecule has 9 nitrogen and oxygen atoms in total. The van der Waals surface area contributed by atoms with Gasteiger partial charge in [0.25, 0.3) is 17.7 Å². The highest BCUT2D eigenvalue weighted by Gasteiger charge is 2.26. The van der Waals surface area contributed by atoms with Crippen molar-refractivity contribution in [3.63, 3.8) is 0 Å². The molecule has 0 radical (unpaired) electrons. The monoisotopic (exact) mass is 459 g/mol. The van der Waals surface area contributed by atoms with Gasteiger partial charge in [-0.15, -0.1) is 0 Å². The second-order valence-electron chi connectivity index (χ2n) is 8.01. The van der Waals surface area contributed by atoms with E-state index in [0.29, 0.717) is 29.3 Å². The third-order valence-electron chi connectivity index (χ3n) is 5.12. The highest BCUT2D eigenvalue weighted by atomic mass is 32.1. The molecule has 3 N–H and O–H groups in total. The van der Waals surface area contributed by atoms with Gasteiger partial charge in [-0.1, -0.05) is 42.9 Å². The number of hydrogen-bond acceptors (Lipinski definition) is 7. The number of rotatable bonds is 6. The number of aryl methyl sites for hydroxylation is 2. The van der Waals surface area contributed by atoms with Crippen LogP contribution < -0.4 is 21.1 Å². The van der Waals surface area contributed by atoms with E-state index in [1.165, 1.54) is 11.3 Å². The van der Waals surface area contributed by atoms with Crippen molar-refractivity contribution in [1.29, 1.82) is 0 Å². The number of nitrogens with zero attached hydrogens (tertiary/aromatic N) is 2. The zero-order valence-corrected chi connectivity index (χ0v) is 19.5. The van der Waals surface area contributed by atoms with E-state index in [9.17, 15) is 14.4 Å². The summed E-state index contributed by atoms with van der Waals surface area (Å²) < 4.78 is 5.35. The van der Waals surface area contributed by atoms with Crippen LogP contribution in [0.4, 0.5) is 5.13 Å². The Hall–Kier alpha value is -2.98. The average molecular weight is 460 g/mol. The molecule has 2 heterocycles. The molecule has 0 spiro atoms. The quantitative estimate of drug-likeness (QED) is 0.568. The zero-order chi connectivity index (χ0) is 23.3. The number of amides is 3. The van der Waals surface area contributed by atoms with E-state index >= 15 is 0 Å². The molecular formula is C22H29N5O4S. The summed E-state index contributed by atoms with van der Waals surface area (Å²) in [6, 6.07) is 6.28. The maximum absolute atomic E-state index is 12.7. The van der Waals surface area contributed by atoms with Crippen LogP contribution in [0.1, 0.15) is 45.1 Å². The van der Waals surface area contributed by atoms with Crippen LogP contribution in [-0.4, -0.2) is 55.1 Å². The van der Waals surface area contributed by atoms with Crippen molar-refractivity contribution in [2.24, 2.45) is 5.92 Å². The Balaban J connectivity index is 1.60. The van der Waals surface area contributed by atoms with Gasteiger partial charge in [0.05, 0.1) is 18.9 Å². The fraction of sp³-hybridized carbons (Fsp3) is 0.455. The Morgan fingerprint density at radius 3 is 2.31 bits per heavy atom. The molecule has 0 aliphatic carbocycles. The van der Waals surface area contributed by atoms with Crippen LogP contribution in [0.3, 0.4) is 0 Å². The number of thiazole rings is 1. The minimum Gasteiger partial charge on any atom is -0.378 e. The largest absolute Gasteiger partial charge is 0.378 e. The van der Waals surface area contributed by atoms with Gasteiger partial charge in [-0.25, -0.2) is 4.98 Å². The van der Waals surface area contributed by atoms with Crippen LogP contribution in [0.15, 0.2) is 24.3 Å². The van der Waals surface area contributed by atoms with Crippen LogP contribution in [0.2, 0.25) is 0 Å². The number of benzene rings is 1. The maximum Gasteiger partial charge on any atom is 0.281 e. The van der Waals surface area contributed by atoms with Crippen molar-refractivity contribution >= 4 is 34.2 Å². The Morgan fingerprint density at radius 1 is 1.03 bits per heavy atom. The first-order valence-electron chi connectivity index (χ1n) is 10.5. The predicted octanol–water partition coefficient (Wildman–Crippen LogP) is 1.81. The van der Waals surface area contributed by atoms with Gasteiger partial charge in [0.15, 0.2) is 5.13 Å². The van der Waals surface area contributed by atoms with Crippen LogP contribution in [0, 0.1) is 19.8 Å². The van der Waals surface area contributed by atoms with Gasteiger partial charge in [0, 0.05) is 18.7 Å². The molecule has 172 valence electrons. The molecule has 1 atom stereocenters. The summed E-state index contributed by atoms with van der Waals surface area (Å²) in [6.07, 6.45) is 0. The fourth-order valence-corrected chi connectivity index (χ4v) is 4.21. The lowest BCUT2D eigenvalue weighted by atomic mass is 10.0. The SMILES string of the molecule is Cc1ccc(C(=O)N[C@@H](C(=O)NNC(=O)c2sc(N3CCOCC3)nc2C)C(C)C)cc1. The van der Waals surface area contributed by atoms with E-state index < -0.39 is 17.9 Å². The minimum atomic E-state index is -0.810. The first kappa shape index (κ1) is 23.7. The standard InChI is InChI=1S/C22H29N5O4S/c1-13(2)17(24-19(28)16-7-5-14(3)6-8-16)20(29)25-26-21(30)18-15(4)23-22(32-18)27-9-11-31-12-10-27/h5-8,13,17H,9-12H2,1-4H3,(H,24,28)(H,25,29)(H,26,30)/t17-/m1/s1. The summed E-state index contributed by atoms with van der Waals surface area (Å²) in [6.45, 7) is 10.0. The first-order valence-corrected chi connectivity index (χ1v) is 11.4. The van der Waals surface area contributed by atoms with Gasteiger partial charge in [0.1, 0.15) is 10.9 Å². The highest BCUT2D eigenvalue weighted by Crippen LogP contribution is 2.26. The number of nitrogens with one attached hydrogen (secondary N) is 3. The molecule has 0 bridgehead atoms. The summed E-state index contributed by atoms with van der Waals surface area (Å²) in [7, 11) is 0. The molecule has 1 fully saturated rings. The van der Waals surface area contributed by atoms with E-state index in [1.54, 1.807) is 19.1 Å². The number of ether oxygens (including phenoxy) is 1. The molecule has 1 saturated heterocycles. The minimum absolute atomic E-state index is 0.181. The average Bonchev–Trinajstić information content (AvgIpc) is 3.18. The van der Waals surface area contributed by atoms with Crippen molar-refractivity contribution in [2.45, 2.75) is 33.7 Å². The summed E-state index contributed by atoms with van der Waals surface area (Å²) >= 11 is 1.28. The van der Waals surface area contributed by atoms with Crippen LogP contribution in [0.25, 0.3) is 0 Å². The van der Waals surface area contributed by atoms with E-state index in [1.807, 2.05) is 32.9 Å². The van der Waals surface area contributed by atoms with Gasteiger partial charge in [0.2, 0.25) is 0 Å². The molecule has 1 aliphatic heterocycles. The number of hydrogen-bond donors (Lipinski definition) is 3. The van der Waals surface area contributed by atoms with Crippen molar-refractivity contribution in [3.8, 4) is 0 Å². The Bertz CT molecular complexity index is 967. The number of anilines is 1. The summed E-state index contributed by atoms with van der Waals surface area (Å²) in [5.74, 6) is -1.47. The second kappa shape index (κ2) is 10.6. The van der Waals surface area contributed by atoms with Crippen molar-refractivity contribution in [3.05, 3.63) is 46.0 Å². The number of carbonyl (C=O) groups is 3. The highest BCUT2D eigenvalue weighted by molar-refractivity contribution is 7.17. The molecular weight excluding hydrogens is 430 g/mol. The lowest BCUT2D eigenvalue weighted by Crippen LogP contribution is -2.54. The third kappa shape index (κ3) is 5.83. The lowest BCUT2D eigenvalue weighted by molar-refractivity contribution is -0.124. The van der Waals surface area contributed by atoms with Crippen LogP contribution in [-0.2, 0) is 9.53 Å². The van der Waals surface area contributed by atoms with Crippen LogP contribution in [0.5, 0.6) is 0 Å². The topological polar surface area (TPSA) is 113 Å².